The van der Waals surface area contributed by atoms with Crippen molar-refractivity contribution >= 4 is 34.8 Å². The van der Waals surface area contributed by atoms with Crippen LogP contribution in [0.3, 0.4) is 0 Å². The van der Waals surface area contributed by atoms with Gasteiger partial charge in [-0.25, -0.2) is 4.79 Å². The molecule has 3 heterocycles. The average molecular weight is 466 g/mol. The van der Waals surface area contributed by atoms with Crippen LogP contribution in [0.5, 0.6) is 0 Å². The average Bonchev–Trinajstić information content (AvgIpc) is 3.18. The number of hydrogen-bond donors (Lipinski definition) is 1. The molecule has 1 fully saturated rings. The van der Waals surface area contributed by atoms with Gasteiger partial charge in [0.2, 0.25) is 11.2 Å². The van der Waals surface area contributed by atoms with Crippen molar-refractivity contribution in [2.45, 2.75) is 20.0 Å². The minimum absolute atomic E-state index is 0.0108. The molecule has 1 aliphatic rings. The maximum Gasteiger partial charge on any atom is 0.407 e. The van der Waals surface area contributed by atoms with Crippen molar-refractivity contribution in [3.63, 3.8) is 0 Å². The number of anilines is 1. The third kappa shape index (κ3) is 4.34. The third-order valence-electron chi connectivity index (χ3n) is 5.44. The summed E-state index contributed by atoms with van der Waals surface area (Å²) in [5.74, 6) is 6.31. The number of fused-ring (bicyclic) bond motifs is 1. The maximum absolute atomic E-state index is 13.5. The minimum atomic E-state index is -0.961. The largest absolute Gasteiger partial charge is 0.465 e. The third-order valence-corrected chi connectivity index (χ3v) is 5.73. The molecule has 10 nitrogen and oxygen atoms in total. The molecule has 2 aromatic heterocycles. The first-order valence-corrected chi connectivity index (χ1v) is 10.6. The highest BCUT2D eigenvalue weighted by atomic mass is 35.5. The van der Waals surface area contributed by atoms with Gasteiger partial charge in [0.1, 0.15) is 0 Å². The summed E-state index contributed by atoms with van der Waals surface area (Å²) in [5.41, 5.74) is 1.34. The zero-order chi connectivity index (χ0) is 23.5. The van der Waals surface area contributed by atoms with Crippen LogP contribution in [0.25, 0.3) is 11.2 Å². The van der Waals surface area contributed by atoms with Crippen LogP contribution in [0, 0.1) is 23.2 Å². The van der Waals surface area contributed by atoms with Gasteiger partial charge >= 0.3 is 6.09 Å². The molecule has 0 aliphatic carbocycles. The Hall–Kier alpha value is -4.02. The fraction of sp³-hybridized carbons (Fsp3) is 0.318. The number of aromatic nitrogens is 4. The highest BCUT2D eigenvalue weighted by Gasteiger charge is 2.26. The monoisotopic (exact) mass is 465 g/mol. The minimum Gasteiger partial charge on any atom is -0.465 e. The number of amides is 1. The van der Waals surface area contributed by atoms with Crippen LogP contribution < -0.4 is 10.5 Å². The maximum atomic E-state index is 13.5. The van der Waals surface area contributed by atoms with Gasteiger partial charge in [0, 0.05) is 26.2 Å². The molecule has 0 bridgehead atoms. The van der Waals surface area contributed by atoms with E-state index in [-0.39, 0.29) is 35.1 Å². The first kappa shape index (κ1) is 22.2. The highest BCUT2D eigenvalue weighted by Crippen LogP contribution is 2.22. The van der Waals surface area contributed by atoms with Gasteiger partial charge in [-0.15, -0.1) is 5.92 Å². The lowest BCUT2D eigenvalue weighted by Gasteiger charge is -2.33. The summed E-state index contributed by atoms with van der Waals surface area (Å²) in [6, 6.07) is 9.01. The van der Waals surface area contributed by atoms with Crippen molar-refractivity contribution in [1.82, 2.24) is 24.0 Å². The second-order valence-electron chi connectivity index (χ2n) is 7.44. The number of carbonyl (C=O) groups is 1. The molecule has 4 rings (SSSR count). The molecule has 1 amide bonds. The number of benzene rings is 1. The van der Waals surface area contributed by atoms with Crippen molar-refractivity contribution in [2.24, 2.45) is 0 Å². The predicted octanol–water partition coefficient (Wildman–Crippen LogP) is 1.99. The molecule has 0 saturated carbocycles. The molecule has 33 heavy (non-hydrogen) atoms. The Morgan fingerprint density at radius 2 is 1.97 bits per heavy atom. The molecule has 168 valence electrons. The van der Waals surface area contributed by atoms with Crippen molar-refractivity contribution in [3.8, 4) is 17.9 Å². The normalized spacial score (nSPS) is 13.5. The van der Waals surface area contributed by atoms with E-state index in [1.54, 1.807) is 35.8 Å². The van der Waals surface area contributed by atoms with E-state index in [2.05, 4.69) is 27.9 Å². The first-order valence-electron chi connectivity index (χ1n) is 10.2. The summed E-state index contributed by atoms with van der Waals surface area (Å²) < 4.78 is 3.04. The fourth-order valence-electron chi connectivity index (χ4n) is 3.78. The topological polar surface area (TPSA) is 120 Å². The lowest BCUT2D eigenvalue weighted by molar-refractivity contribution is 0.142. The summed E-state index contributed by atoms with van der Waals surface area (Å²) >= 11 is 6.36. The summed E-state index contributed by atoms with van der Waals surface area (Å²) in [5, 5.41) is 18.4. The number of hydrogen-bond acceptors (Lipinski definition) is 6. The van der Waals surface area contributed by atoms with Crippen LogP contribution in [0.2, 0.25) is 5.28 Å². The van der Waals surface area contributed by atoms with E-state index in [9.17, 15) is 14.7 Å². The van der Waals surface area contributed by atoms with E-state index < -0.39 is 6.09 Å². The number of halogens is 1. The smallest absolute Gasteiger partial charge is 0.407 e. The molecular formula is C22H20ClN7O3. The first-order chi connectivity index (χ1) is 15.9. The zero-order valence-electron chi connectivity index (χ0n) is 17.8. The van der Waals surface area contributed by atoms with E-state index in [1.807, 2.05) is 4.90 Å². The standard InChI is InChI=1S/C22H20ClN7O3/c1-2-3-7-29-17-18(26-21(29)27-8-10-28(11-9-27)22(32)33)25-20(23)30(19(17)31)14-16-6-4-5-15(12-16)13-24/h4-6,12H,7-11,14H2,1H3,(H,32,33). The quantitative estimate of drug-likeness (QED) is 0.462. The van der Waals surface area contributed by atoms with E-state index >= 15 is 0 Å². The van der Waals surface area contributed by atoms with Crippen LogP contribution in [-0.2, 0) is 13.1 Å². The molecule has 1 N–H and O–H groups in total. The molecule has 1 saturated heterocycles. The van der Waals surface area contributed by atoms with Crippen LogP contribution in [-0.4, -0.2) is 61.4 Å². The van der Waals surface area contributed by atoms with Crippen molar-refractivity contribution in [2.75, 3.05) is 31.1 Å². The van der Waals surface area contributed by atoms with Gasteiger partial charge in [-0.1, -0.05) is 18.1 Å². The lowest BCUT2D eigenvalue weighted by Crippen LogP contribution is -2.49. The van der Waals surface area contributed by atoms with Crippen molar-refractivity contribution in [3.05, 3.63) is 51.0 Å². The molecular weight excluding hydrogens is 446 g/mol. The van der Waals surface area contributed by atoms with Gasteiger partial charge in [-0.3, -0.25) is 13.9 Å². The number of nitriles is 1. The Morgan fingerprint density at radius 1 is 1.21 bits per heavy atom. The summed E-state index contributed by atoms with van der Waals surface area (Å²) in [4.78, 5) is 36.9. The Labute approximate surface area is 194 Å². The van der Waals surface area contributed by atoms with E-state index in [4.69, 9.17) is 16.9 Å². The van der Waals surface area contributed by atoms with Gasteiger partial charge in [-0.2, -0.15) is 15.2 Å². The Bertz CT molecular complexity index is 1390. The second kappa shape index (κ2) is 9.23. The van der Waals surface area contributed by atoms with Crippen LogP contribution in [0.1, 0.15) is 18.1 Å². The van der Waals surface area contributed by atoms with E-state index in [1.165, 1.54) is 9.47 Å². The van der Waals surface area contributed by atoms with Crippen molar-refractivity contribution in [1.29, 1.82) is 5.26 Å². The Morgan fingerprint density at radius 3 is 2.64 bits per heavy atom. The van der Waals surface area contributed by atoms with Crippen LogP contribution >= 0.6 is 11.6 Å². The zero-order valence-corrected chi connectivity index (χ0v) is 18.6. The molecule has 1 aliphatic heterocycles. The molecule has 3 aromatic rings. The van der Waals surface area contributed by atoms with Crippen LogP contribution in [0.15, 0.2) is 29.1 Å². The Kier molecular flexibility index (Phi) is 6.20. The SMILES string of the molecule is CC#CCn1c(N2CCN(C(=O)O)CC2)nc2nc(Cl)n(Cc3cccc(C#N)c3)c(=O)c21. The number of piperazine rings is 1. The molecule has 11 heteroatoms. The molecule has 0 unspecified atom stereocenters. The summed E-state index contributed by atoms with van der Waals surface area (Å²) in [7, 11) is 0. The number of carboxylic acid groups (broad SMARTS) is 1. The summed E-state index contributed by atoms with van der Waals surface area (Å²) in [6.07, 6.45) is -0.961. The predicted molar refractivity (Wildman–Crippen MR) is 122 cm³/mol. The second-order valence-corrected chi connectivity index (χ2v) is 7.78. The van der Waals surface area contributed by atoms with Gasteiger partial charge in [0.25, 0.3) is 5.56 Å². The van der Waals surface area contributed by atoms with Crippen molar-refractivity contribution < 1.29 is 9.90 Å². The van der Waals surface area contributed by atoms with Gasteiger partial charge in [0.15, 0.2) is 11.2 Å². The molecule has 0 spiro atoms. The number of rotatable bonds is 4. The number of nitrogens with zero attached hydrogens (tertiary/aromatic N) is 7. The fourth-order valence-corrected chi connectivity index (χ4v) is 4.00. The number of imidazole rings is 1. The van der Waals surface area contributed by atoms with E-state index in [0.717, 1.165) is 5.56 Å². The molecule has 1 aromatic carbocycles. The van der Waals surface area contributed by atoms with Gasteiger partial charge < -0.3 is 14.9 Å². The molecule has 0 radical (unpaired) electrons. The van der Waals surface area contributed by atoms with Gasteiger partial charge in [0.05, 0.1) is 24.7 Å². The summed E-state index contributed by atoms with van der Waals surface area (Å²) in [6.45, 7) is 3.59. The van der Waals surface area contributed by atoms with Crippen LogP contribution in [0.4, 0.5) is 10.7 Å². The molecule has 0 atom stereocenters. The van der Waals surface area contributed by atoms with Gasteiger partial charge in [-0.05, 0) is 36.2 Å². The lowest BCUT2D eigenvalue weighted by atomic mass is 10.1. The van der Waals surface area contributed by atoms with E-state index in [0.29, 0.717) is 37.7 Å². The highest BCUT2D eigenvalue weighted by molar-refractivity contribution is 6.28. The Balaban J connectivity index is 1.79.